The normalized spacial score (nSPS) is 13.8. The monoisotopic (exact) mass is 517 g/mol. The molecule has 158 valence electrons. The van der Waals surface area contributed by atoms with Gasteiger partial charge in [-0.25, -0.2) is 0 Å². The van der Waals surface area contributed by atoms with Gasteiger partial charge in [-0.05, 0) is 0 Å². The average Bonchev–Trinajstić information content (AvgIpc) is 3.16. The number of H-pyrrole nitrogens is 1. The summed E-state index contributed by atoms with van der Waals surface area (Å²) in [5, 5.41) is 12.3. The highest BCUT2D eigenvalue weighted by Crippen LogP contribution is 2.27. The fraction of sp³-hybridized carbons (Fsp3) is 0.875. The lowest BCUT2D eigenvalue weighted by atomic mass is 10.1. The lowest BCUT2D eigenvalue weighted by molar-refractivity contribution is -0.00821. The molecule has 1 heterocycles. The smallest absolute Gasteiger partial charge is 0.118 e. The molecule has 1 rings (SSSR count). The zero-order valence-electron chi connectivity index (χ0n) is 15.8. The molecule has 0 bridgehead atoms. The topological polar surface area (TPSA) is 97.0 Å². The van der Waals surface area contributed by atoms with Gasteiger partial charge in [0.1, 0.15) is 23.6 Å². The van der Waals surface area contributed by atoms with E-state index in [4.69, 9.17) is 28.4 Å². The van der Waals surface area contributed by atoms with Gasteiger partial charge in [0, 0.05) is 24.9 Å². The van der Waals surface area contributed by atoms with Crippen molar-refractivity contribution >= 4 is 31.9 Å². The summed E-state index contributed by atoms with van der Waals surface area (Å²) in [5.74, 6) is 0. The number of nitrogens with zero attached hydrogens (tertiary/aromatic N) is 2. The molecule has 2 atom stereocenters. The number of aromatic amines is 1. The van der Waals surface area contributed by atoms with Crippen molar-refractivity contribution in [3.63, 3.8) is 0 Å². The second-order valence-corrected chi connectivity index (χ2v) is 6.63. The molecule has 0 aliphatic carbocycles. The number of rotatable bonds is 18. The second-order valence-electron chi connectivity index (χ2n) is 5.33. The predicted octanol–water partition coefficient (Wildman–Crippen LogP) is 2.04. The standard InChI is InChI=1S/C16H29Br2N3O6/c1-22-3-5-24-7-9-26-13(11-17)15-16(20-21-19-15)14(12-18)27-10-8-25-6-4-23-2/h13-14H,3-12H2,1-2H3,(H,19,20,21). The van der Waals surface area contributed by atoms with Crippen molar-refractivity contribution in [1.29, 1.82) is 0 Å². The fourth-order valence-electron chi connectivity index (χ4n) is 2.10. The summed E-state index contributed by atoms with van der Waals surface area (Å²) in [6, 6.07) is 0. The van der Waals surface area contributed by atoms with Crippen LogP contribution in [0.5, 0.6) is 0 Å². The molecule has 0 saturated heterocycles. The number of hydrogen-bond acceptors (Lipinski definition) is 8. The van der Waals surface area contributed by atoms with E-state index < -0.39 is 0 Å². The molecular weight excluding hydrogens is 490 g/mol. The second kappa shape index (κ2) is 16.8. The quantitative estimate of drug-likeness (QED) is 0.233. The highest BCUT2D eigenvalue weighted by molar-refractivity contribution is 9.09. The average molecular weight is 519 g/mol. The molecule has 0 aliphatic rings. The molecule has 11 heteroatoms. The molecule has 27 heavy (non-hydrogen) atoms. The number of hydrogen-bond donors (Lipinski definition) is 1. The molecular formula is C16H29Br2N3O6. The van der Waals surface area contributed by atoms with Crippen LogP contribution in [-0.4, -0.2) is 93.1 Å². The summed E-state index contributed by atoms with van der Waals surface area (Å²) >= 11 is 6.95. The van der Waals surface area contributed by atoms with Gasteiger partial charge < -0.3 is 28.4 Å². The molecule has 0 radical (unpaired) electrons. The zero-order chi connectivity index (χ0) is 19.7. The van der Waals surface area contributed by atoms with Gasteiger partial charge in [-0.3, -0.25) is 0 Å². The SMILES string of the molecule is COCCOCCOC(CBr)c1n[nH]nc1C(CBr)OCCOCCOC. The molecule has 0 aliphatic heterocycles. The lowest BCUT2D eigenvalue weighted by Crippen LogP contribution is -2.18. The van der Waals surface area contributed by atoms with Crippen molar-refractivity contribution in [3.8, 4) is 0 Å². The van der Waals surface area contributed by atoms with E-state index in [1.807, 2.05) is 0 Å². The maximum atomic E-state index is 5.88. The minimum absolute atomic E-state index is 0.257. The van der Waals surface area contributed by atoms with Crippen molar-refractivity contribution < 1.29 is 28.4 Å². The van der Waals surface area contributed by atoms with Gasteiger partial charge in [-0.2, -0.15) is 15.4 Å². The molecule has 1 N–H and O–H groups in total. The molecule has 0 amide bonds. The molecule has 0 aromatic carbocycles. The molecule has 0 fully saturated rings. The summed E-state index contributed by atoms with van der Waals surface area (Å²) in [4.78, 5) is 0. The van der Waals surface area contributed by atoms with Crippen LogP contribution < -0.4 is 0 Å². The van der Waals surface area contributed by atoms with E-state index in [-0.39, 0.29) is 12.2 Å². The van der Waals surface area contributed by atoms with Gasteiger partial charge >= 0.3 is 0 Å². The van der Waals surface area contributed by atoms with Crippen molar-refractivity contribution in [1.82, 2.24) is 15.4 Å². The van der Waals surface area contributed by atoms with Gasteiger partial charge in [0.15, 0.2) is 0 Å². The minimum Gasteiger partial charge on any atom is -0.382 e. The first kappa shape index (κ1) is 24.9. The van der Waals surface area contributed by atoms with E-state index in [1.165, 1.54) is 0 Å². The maximum Gasteiger partial charge on any atom is 0.118 e. The third-order valence-electron chi connectivity index (χ3n) is 3.45. The molecule has 1 aromatic rings. The maximum absolute atomic E-state index is 5.88. The Balaban J connectivity index is 2.47. The van der Waals surface area contributed by atoms with Gasteiger partial charge in [-0.1, -0.05) is 31.9 Å². The molecule has 9 nitrogen and oxygen atoms in total. The van der Waals surface area contributed by atoms with Crippen LogP contribution in [-0.2, 0) is 28.4 Å². The van der Waals surface area contributed by atoms with E-state index >= 15 is 0 Å². The Morgan fingerprint density at radius 1 is 0.704 bits per heavy atom. The van der Waals surface area contributed by atoms with Crippen molar-refractivity contribution in [3.05, 3.63) is 11.4 Å². The number of halogens is 2. The Kier molecular flexibility index (Phi) is 15.5. The predicted molar refractivity (Wildman–Crippen MR) is 107 cm³/mol. The van der Waals surface area contributed by atoms with Gasteiger partial charge in [0.25, 0.3) is 0 Å². The van der Waals surface area contributed by atoms with E-state index in [2.05, 4.69) is 47.3 Å². The summed E-state index contributed by atoms with van der Waals surface area (Å²) < 4.78 is 32.5. The summed E-state index contributed by atoms with van der Waals surface area (Å²) in [6.45, 7) is 4.07. The van der Waals surface area contributed by atoms with Gasteiger partial charge in [0.05, 0.1) is 52.9 Å². The summed E-state index contributed by atoms with van der Waals surface area (Å²) in [5.41, 5.74) is 1.43. The molecule has 0 saturated carbocycles. The van der Waals surface area contributed by atoms with Crippen LogP contribution in [0, 0.1) is 0 Å². The first-order chi connectivity index (χ1) is 13.3. The third kappa shape index (κ3) is 10.3. The van der Waals surface area contributed by atoms with Crippen LogP contribution in [0.15, 0.2) is 0 Å². The van der Waals surface area contributed by atoms with Crippen molar-refractivity contribution in [2.45, 2.75) is 12.2 Å². The Morgan fingerprint density at radius 2 is 1.11 bits per heavy atom. The first-order valence-electron chi connectivity index (χ1n) is 8.67. The number of ether oxygens (including phenoxy) is 6. The van der Waals surface area contributed by atoms with Crippen LogP contribution in [0.4, 0.5) is 0 Å². The Hall–Kier alpha value is -0.140. The molecule has 1 aromatic heterocycles. The van der Waals surface area contributed by atoms with E-state index in [9.17, 15) is 0 Å². The Labute approximate surface area is 177 Å². The van der Waals surface area contributed by atoms with Gasteiger partial charge in [-0.15, -0.1) is 0 Å². The Morgan fingerprint density at radius 3 is 1.48 bits per heavy atom. The minimum atomic E-state index is -0.257. The third-order valence-corrected chi connectivity index (χ3v) is 4.63. The number of nitrogens with one attached hydrogen (secondary N) is 1. The van der Waals surface area contributed by atoms with Crippen LogP contribution >= 0.6 is 31.9 Å². The highest BCUT2D eigenvalue weighted by atomic mass is 79.9. The van der Waals surface area contributed by atoms with Crippen molar-refractivity contribution in [2.24, 2.45) is 0 Å². The molecule has 0 spiro atoms. The van der Waals surface area contributed by atoms with Crippen LogP contribution in [0.25, 0.3) is 0 Å². The zero-order valence-corrected chi connectivity index (χ0v) is 19.0. The summed E-state index contributed by atoms with van der Waals surface area (Å²) in [6.07, 6.45) is -0.513. The van der Waals surface area contributed by atoms with E-state index in [0.29, 0.717) is 74.9 Å². The fourth-order valence-corrected chi connectivity index (χ4v) is 3.09. The first-order valence-corrected chi connectivity index (χ1v) is 10.9. The van der Waals surface area contributed by atoms with Crippen LogP contribution in [0.3, 0.4) is 0 Å². The van der Waals surface area contributed by atoms with Crippen LogP contribution in [0.1, 0.15) is 23.6 Å². The van der Waals surface area contributed by atoms with Crippen molar-refractivity contribution in [2.75, 3.05) is 77.7 Å². The van der Waals surface area contributed by atoms with E-state index in [1.54, 1.807) is 14.2 Å². The number of alkyl halides is 2. The summed E-state index contributed by atoms with van der Waals surface area (Å²) in [7, 11) is 3.28. The lowest BCUT2D eigenvalue weighted by Gasteiger charge is -2.18. The van der Waals surface area contributed by atoms with Gasteiger partial charge in [0.2, 0.25) is 0 Å². The highest BCUT2D eigenvalue weighted by Gasteiger charge is 2.25. The largest absolute Gasteiger partial charge is 0.382 e. The van der Waals surface area contributed by atoms with Crippen LogP contribution in [0.2, 0.25) is 0 Å². The number of methoxy groups -OCH3 is 2. The van der Waals surface area contributed by atoms with E-state index in [0.717, 1.165) is 0 Å². The molecule has 2 unspecified atom stereocenters. The Bertz CT molecular complexity index is 431. The number of aromatic nitrogens is 3.